The van der Waals surface area contributed by atoms with Gasteiger partial charge in [0.15, 0.2) is 0 Å². The van der Waals surface area contributed by atoms with Gasteiger partial charge >= 0.3 is 0 Å². The molecule has 1 heterocycles. The van der Waals surface area contributed by atoms with Crippen LogP contribution in [0.15, 0.2) is 24.3 Å². The Morgan fingerprint density at radius 1 is 1.12 bits per heavy atom. The van der Waals surface area contributed by atoms with Gasteiger partial charge < -0.3 is 5.73 Å². The van der Waals surface area contributed by atoms with Crippen molar-refractivity contribution in [2.24, 2.45) is 0 Å². The van der Waals surface area contributed by atoms with Gasteiger partial charge in [0.1, 0.15) is 11.6 Å². The van der Waals surface area contributed by atoms with Gasteiger partial charge in [0, 0.05) is 18.1 Å². The van der Waals surface area contributed by atoms with E-state index in [0.717, 1.165) is 23.5 Å². The number of hydrogen-bond acceptors (Lipinski definition) is 3. The molecule has 0 saturated carbocycles. The second-order valence-electron chi connectivity index (χ2n) is 4.27. The van der Waals surface area contributed by atoms with Crippen LogP contribution in [0.4, 0.5) is 5.82 Å². The van der Waals surface area contributed by atoms with Gasteiger partial charge in [-0.1, -0.05) is 30.7 Å². The van der Waals surface area contributed by atoms with Crippen molar-refractivity contribution in [3.8, 4) is 11.3 Å². The third-order valence-corrected chi connectivity index (χ3v) is 2.77. The Labute approximate surface area is 102 Å². The highest BCUT2D eigenvalue weighted by Gasteiger charge is 2.06. The second-order valence-corrected chi connectivity index (χ2v) is 4.27. The lowest BCUT2D eigenvalue weighted by Gasteiger charge is -2.08. The number of anilines is 1. The smallest absolute Gasteiger partial charge is 0.131 e. The molecule has 0 unspecified atom stereocenters. The molecule has 0 spiro atoms. The third kappa shape index (κ3) is 2.44. The lowest BCUT2D eigenvalue weighted by Crippen LogP contribution is -2.00. The van der Waals surface area contributed by atoms with E-state index in [4.69, 9.17) is 5.73 Å². The molecule has 2 aromatic rings. The standard InChI is InChI=1S/C14H17N3/c1-4-14-16-12(8-13(15)17-14)11-6-5-9(2)7-10(11)3/h5-8H,4H2,1-3H3,(H2,15,16,17). The van der Waals surface area contributed by atoms with E-state index in [9.17, 15) is 0 Å². The summed E-state index contributed by atoms with van der Waals surface area (Å²) >= 11 is 0. The molecule has 0 aliphatic carbocycles. The van der Waals surface area contributed by atoms with Gasteiger partial charge in [0.25, 0.3) is 0 Å². The summed E-state index contributed by atoms with van der Waals surface area (Å²) in [6, 6.07) is 8.16. The molecule has 0 saturated heterocycles. The van der Waals surface area contributed by atoms with Crippen LogP contribution in [-0.2, 0) is 6.42 Å². The van der Waals surface area contributed by atoms with Crippen LogP contribution in [0.25, 0.3) is 11.3 Å². The summed E-state index contributed by atoms with van der Waals surface area (Å²) in [5.41, 5.74) is 10.3. The fourth-order valence-corrected chi connectivity index (χ4v) is 1.91. The molecule has 0 radical (unpaired) electrons. The zero-order chi connectivity index (χ0) is 12.4. The molecular formula is C14H17N3. The summed E-state index contributed by atoms with van der Waals surface area (Å²) in [4.78, 5) is 8.71. The maximum atomic E-state index is 5.80. The monoisotopic (exact) mass is 227 g/mol. The van der Waals surface area contributed by atoms with Crippen molar-refractivity contribution in [1.82, 2.24) is 9.97 Å². The Bertz CT molecular complexity index is 547. The van der Waals surface area contributed by atoms with E-state index in [2.05, 4.69) is 42.0 Å². The predicted molar refractivity (Wildman–Crippen MR) is 70.7 cm³/mol. The van der Waals surface area contributed by atoms with E-state index in [1.54, 1.807) is 0 Å². The van der Waals surface area contributed by atoms with E-state index in [1.165, 1.54) is 11.1 Å². The summed E-state index contributed by atoms with van der Waals surface area (Å²) in [6.07, 6.45) is 0.795. The van der Waals surface area contributed by atoms with Crippen LogP contribution in [0.3, 0.4) is 0 Å². The third-order valence-electron chi connectivity index (χ3n) is 2.77. The molecule has 2 rings (SSSR count). The van der Waals surface area contributed by atoms with Crippen LogP contribution in [0.1, 0.15) is 23.9 Å². The molecule has 0 aliphatic rings. The van der Waals surface area contributed by atoms with Gasteiger partial charge in [0.2, 0.25) is 0 Å². The fourth-order valence-electron chi connectivity index (χ4n) is 1.91. The minimum atomic E-state index is 0.534. The number of nitrogens with zero attached hydrogens (tertiary/aromatic N) is 2. The van der Waals surface area contributed by atoms with Crippen LogP contribution in [0.5, 0.6) is 0 Å². The van der Waals surface area contributed by atoms with Crippen LogP contribution in [0, 0.1) is 13.8 Å². The normalized spacial score (nSPS) is 10.5. The summed E-state index contributed by atoms with van der Waals surface area (Å²) in [5, 5.41) is 0. The summed E-state index contributed by atoms with van der Waals surface area (Å²) in [6.45, 7) is 6.20. The number of hydrogen-bond donors (Lipinski definition) is 1. The van der Waals surface area contributed by atoms with Crippen LogP contribution >= 0.6 is 0 Å². The van der Waals surface area contributed by atoms with Crippen LogP contribution < -0.4 is 5.73 Å². The quantitative estimate of drug-likeness (QED) is 0.858. The Morgan fingerprint density at radius 2 is 1.88 bits per heavy atom. The maximum Gasteiger partial charge on any atom is 0.131 e. The lowest BCUT2D eigenvalue weighted by molar-refractivity contribution is 0.948. The molecule has 0 aliphatic heterocycles. The van der Waals surface area contributed by atoms with E-state index < -0.39 is 0 Å². The van der Waals surface area contributed by atoms with Gasteiger partial charge in [-0.3, -0.25) is 0 Å². The molecule has 0 amide bonds. The first-order chi connectivity index (χ1) is 8.10. The maximum absolute atomic E-state index is 5.80. The zero-order valence-corrected chi connectivity index (χ0v) is 10.5. The number of nitrogens with two attached hydrogens (primary N) is 1. The van der Waals surface area contributed by atoms with Crippen molar-refractivity contribution in [3.63, 3.8) is 0 Å². The number of aryl methyl sites for hydroxylation is 3. The molecule has 88 valence electrons. The first-order valence-corrected chi connectivity index (χ1v) is 5.81. The molecule has 0 fully saturated rings. The topological polar surface area (TPSA) is 51.8 Å². The van der Waals surface area contributed by atoms with E-state index in [0.29, 0.717) is 5.82 Å². The Hall–Kier alpha value is -1.90. The van der Waals surface area contributed by atoms with E-state index >= 15 is 0 Å². The molecule has 2 N–H and O–H groups in total. The van der Waals surface area contributed by atoms with Crippen molar-refractivity contribution in [1.29, 1.82) is 0 Å². The summed E-state index contributed by atoms with van der Waals surface area (Å²) in [5.74, 6) is 1.33. The Kier molecular flexibility index (Phi) is 3.09. The van der Waals surface area contributed by atoms with Gasteiger partial charge in [-0.25, -0.2) is 9.97 Å². The molecule has 0 atom stereocenters. The van der Waals surface area contributed by atoms with Crippen molar-refractivity contribution < 1.29 is 0 Å². The predicted octanol–water partition coefficient (Wildman–Crippen LogP) is 2.91. The minimum absolute atomic E-state index is 0.534. The van der Waals surface area contributed by atoms with E-state index in [-0.39, 0.29) is 0 Å². The minimum Gasteiger partial charge on any atom is -0.384 e. The lowest BCUT2D eigenvalue weighted by atomic mass is 10.0. The van der Waals surface area contributed by atoms with Crippen molar-refractivity contribution in [3.05, 3.63) is 41.2 Å². The number of benzene rings is 1. The molecule has 1 aromatic carbocycles. The van der Waals surface area contributed by atoms with Gasteiger partial charge in [-0.2, -0.15) is 0 Å². The highest BCUT2D eigenvalue weighted by Crippen LogP contribution is 2.23. The van der Waals surface area contributed by atoms with Gasteiger partial charge in [-0.05, 0) is 19.4 Å². The molecule has 3 nitrogen and oxygen atoms in total. The largest absolute Gasteiger partial charge is 0.384 e. The number of rotatable bonds is 2. The molecule has 3 heteroatoms. The highest BCUT2D eigenvalue weighted by molar-refractivity contribution is 5.66. The summed E-state index contributed by atoms with van der Waals surface area (Å²) < 4.78 is 0. The van der Waals surface area contributed by atoms with Crippen molar-refractivity contribution in [2.45, 2.75) is 27.2 Å². The zero-order valence-electron chi connectivity index (χ0n) is 10.5. The average molecular weight is 227 g/mol. The molecule has 1 aromatic heterocycles. The first-order valence-electron chi connectivity index (χ1n) is 5.81. The molecule has 17 heavy (non-hydrogen) atoms. The Balaban J connectivity index is 2.55. The van der Waals surface area contributed by atoms with Gasteiger partial charge in [0.05, 0.1) is 5.69 Å². The first kappa shape index (κ1) is 11.6. The van der Waals surface area contributed by atoms with Crippen molar-refractivity contribution >= 4 is 5.82 Å². The Morgan fingerprint density at radius 3 is 2.53 bits per heavy atom. The number of nitrogen functional groups attached to an aromatic ring is 1. The second kappa shape index (κ2) is 4.53. The van der Waals surface area contributed by atoms with E-state index in [1.807, 2.05) is 13.0 Å². The summed E-state index contributed by atoms with van der Waals surface area (Å²) in [7, 11) is 0. The van der Waals surface area contributed by atoms with Crippen molar-refractivity contribution in [2.75, 3.05) is 5.73 Å². The molecule has 0 bridgehead atoms. The molecular weight excluding hydrogens is 210 g/mol. The SMILES string of the molecule is CCc1nc(N)cc(-c2ccc(C)cc2C)n1. The average Bonchev–Trinajstić information content (AvgIpc) is 2.28. The highest BCUT2D eigenvalue weighted by atomic mass is 14.9. The van der Waals surface area contributed by atoms with Gasteiger partial charge in [-0.15, -0.1) is 0 Å². The number of aromatic nitrogens is 2. The van der Waals surface area contributed by atoms with Crippen LogP contribution in [0.2, 0.25) is 0 Å². The fraction of sp³-hybridized carbons (Fsp3) is 0.286. The van der Waals surface area contributed by atoms with Crippen LogP contribution in [-0.4, -0.2) is 9.97 Å².